The van der Waals surface area contributed by atoms with Gasteiger partial charge in [0.25, 0.3) is 5.56 Å². The van der Waals surface area contributed by atoms with Crippen LogP contribution in [0.2, 0.25) is 0 Å². The van der Waals surface area contributed by atoms with Gasteiger partial charge in [0.05, 0.1) is 23.4 Å². The van der Waals surface area contributed by atoms with Gasteiger partial charge in [0.2, 0.25) is 0 Å². The maximum Gasteiger partial charge on any atom is 0.342 e. The number of aryl methyl sites for hydroxylation is 1. The van der Waals surface area contributed by atoms with E-state index in [4.69, 9.17) is 4.74 Å². The zero-order chi connectivity index (χ0) is 21.1. The van der Waals surface area contributed by atoms with Crippen LogP contribution in [0.15, 0.2) is 59.0 Å². The molecular weight excluding hydrogens is 400 g/mol. The van der Waals surface area contributed by atoms with Crippen molar-refractivity contribution >= 4 is 39.5 Å². The monoisotopic (exact) mass is 420 g/mol. The topological polar surface area (TPSA) is 86.1 Å². The number of pyridine rings is 1. The van der Waals surface area contributed by atoms with Crippen molar-refractivity contribution < 1.29 is 9.53 Å². The summed E-state index contributed by atoms with van der Waals surface area (Å²) in [6, 6.07) is 11.4. The van der Waals surface area contributed by atoms with Gasteiger partial charge in [0.15, 0.2) is 0 Å². The Morgan fingerprint density at radius 3 is 2.73 bits per heavy atom. The SMILES string of the molecule is CCOC(=O)c1c(-c2cccs2)nn(CC)c(=O)c1Nc1cncc2ccccc12. The average molecular weight is 420 g/mol. The first-order valence-electron chi connectivity index (χ1n) is 9.59. The summed E-state index contributed by atoms with van der Waals surface area (Å²) in [6.45, 7) is 4.11. The Hall–Kier alpha value is -3.52. The summed E-state index contributed by atoms with van der Waals surface area (Å²) in [5.74, 6) is -0.593. The number of hydrogen-bond acceptors (Lipinski definition) is 7. The molecule has 0 saturated carbocycles. The summed E-state index contributed by atoms with van der Waals surface area (Å²) in [5, 5.41) is 11.3. The molecule has 0 amide bonds. The second kappa shape index (κ2) is 8.46. The highest BCUT2D eigenvalue weighted by molar-refractivity contribution is 7.13. The third kappa shape index (κ3) is 3.57. The van der Waals surface area contributed by atoms with Crippen LogP contribution in [0.5, 0.6) is 0 Å². The van der Waals surface area contributed by atoms with E-state index in [1.807, 2.05) is 48.7 Å². The summed E-state index contributed by atoms with van der Waals surface area (Å²) in [5.41, 5.74) is 0.907. The summed E-state index contributed by atoms with van der Waals surface area (Å²) in [7, 11) is 0. The van der Waals surface area contributed by atoms with Crippen molar-refractivity contribution in [3.05, 3.63) is 70.1 Å². The second-order valence-corrected chi connectivity index (χ2v) is 7.40. The van der Waals surface area contributed by atoms with Crippen molar-refractivity contribution in [1.82, 2.24) is 14.8 Å². The van der Waals surface area contributed by atoms with Crippen LogP contribution < -0.4 is 10.9 Å². The average Bonchev–Trinajstić information content (AvgIpc) is 3.30. The number of carbonyl (C=O) groups excluding carboxylic acids is 1. The molecule has 152 valence electrons. The normalized spacial score (nSPS) is 10.9. The van der Waals surface area contributed by atoms with Gasteiger partial charge >= 0.3 is 5.97 Å². The summed E-state index contributed by atoms with van der Waals surface area (Å²) in [4.78, 5) is 31.2. The zero-order valence-corrected chi connectivity index (χ0v) is 17.4. The van der Waals surface area contributed by atoms with Crippen LogP contribution in [-0.2, 0) is 11.3 Å². The zero-order valence-electron chi connectivity index (χ0n) is 16.6. The van der Waals surface area contributed by atoms with Gasteiger partial charge in [-0.05, 0) is 25.3 Å². The van der Waals surface area contributed by atoms with Gasteiger partial charge in [-0.25, -0.2) is 9.48 Å². The molecule has 1 N–H and O–H groups in total. The molecule has 0 fully saturated rings. The predicted octanol–water partition coefficient (Wildman–Crippen LogP) is 4.46. The first kappa shape index (κ1) is 19.8. The molecule has 30 heavy (non-hydrogen) atoms. The van der Waals surface area contributed by atoms with E-state index in [2.05, 4.69) is 15.4 Å². The van der Waals surface area contributed by atoms with Crippen molar-refractivity contribution in [3.63, 3.8) is 0 Å². The number of thiophene rings is 1. The minimum Gasteiger partial charge on any atom is -0.462 e. The fourth-order valence-electron chi connectivity index (χ4n) is 3.24. The van der Waals surface area contributed by atoms with E-state index in [-0.39, 0.29) is 17.9 Å². The van der Waals surface area contributed by atoms with E-state index in [0.29, 0.717) is 17.9 Å². The Morgan fingerprint density at radius 2 is 2.00 bits per heavy atom. The van der Waals surface area contributed by atoms with Gasteiger partial charge in [0.1, 0.15) is 16.9 Å². The number of hydrogen-bond donors (Lipinski definition) is 1. The fourth-order valence-corrected chi connectivity index (χ4v) is 3.95. The predicted molar refractivity (Wildman–Crippen MR) is 118 cm³/mol. The molecule has 3 aromatic heterocycles. The first-order chi connectivity index (χ1) is 14.6. The number of benzene rings is 1. The standard InChI is InChI=1S/C22H20N4O3S/c1-3-26-21(27)20(24-16-13-23-12-14-8-5-6-9-15(14)16)18(22(28)29-4-2)19(25-26)17-10-7-11-30-17/h5-13,24H,3-4H2,1-2H3. The number of carbonyl (C=O) groups is 1. The molecule has 0 atom stereocenters. The van der Waals surface area contributed by atoms with Crippen molar-refractivity contribution in [1.29, 1.82) is 0 Å². The number of fused-ring (bicyclic) bond motifs is 1. The minimum absolute atomic E-state index is 0.127. The van der Waals surface area contributed by atoms with Gasteiger partial charge in [-0.3, -0.25) is 9.78 Å². The van der Waals surface area contributed by atoms with Gasteiger partial charge < -0.3 is 10.1 Å². The van der Waals surface area contributed by atoms with E-state index in [1.54, 1.807) is 19.3 Å². The van der Waals surface area contributed by atoms with E-state index in [9.17, 15) is 9.59 Å². The molecule has 0 aliphatic carbocycles. The quantitative estimate of drug-likeness (QED) is 0.464. The second-order valence-electron chi connectivity index (χ2n) is 6.45. The molecule has 4 rings (SSSR count). The number of nitrogens with zero attached hydrogens (tertiary/aromatic N) is 3. The highest BCUT2D eigenvalue weighted by Gasteiger charge is 2.26. The Kier molecular flexibility index (Phi) is 5.58. The number of ether oxygens (including phenoxy) is 1. The summed E-state index contributed by atoms with van der Waals surface area (Å²) >= 11 is 1.44. The molecule has 8 heteroatoms. The smallest absolute Gasteiger partial charge is 0.342 e. The van der Waals surface area contributed by atoms with Gasteiger partial charge in [-0.1, -0.05) is 30.3 Å². The van der Waals surface area contributed by atoms with Crippen LogP contribution in [0.4, 0.5) is 11.4 Å². The number of rotatable bonds is 6. The van der Waals surface area contributed by atoms with Crippen molar-refractivity contribution in [3.8, 4) is 10.6 Å². The number of esters is 1. The molecule has 3 heterocycles. The van der Waals surface area contributed by atoms with Crippen LogP contribution in [-0.4, -0.2) is 27.3 Å². The largest absolute Gasteiger partial charge is 0.462 e. The lowest BCUT2D eigenvalue weighted by molar-refractivity contribution is 0.0527. The van der Waals surface area contributed by atoms with E-state index >= 15 is 0 Å². The van der Waals surface area contributed by atoms with E-state index in [1.165, 1.54) is 16.0 Å². The maximum atomic E-state index is 13.2. The van der Waals surface area contributed by atoms with Crippen molar-refractivity contribution in [2.75, 3.05) is 11.9 Å². The summed E-state index contributed by atoms with van der Waals surface area (Å²) in [6.07, 6.45) is 3.39. The third-order valence-electron chi connectivity index (χ3n) is 4.62. The molecule has 0 radical (unpaired) electrons. The van der Waals surface area contributed by atoms with Crippen molar-refractivity contribution in [2.24, 2.45) is 0 Å². The Morgan fingerprint density at radius 1 is 1.17 bits per heavy atom. The Bertz CT molecular complexity index is 1260. The third-order valence-corrected chi connectivity index (χ3v) is 5.49. The highest BCUT2D eigenvalue weighted by atomic mass is 32.1. The van der Waals surface area contributed by atoms with E-state index in [0.717, 1.165) is 15.6 Å². The number of anilines is 2. The van der Waals surface area contributed by atoms with Crippen LogP contribution in [0.3, 0.4) is 0 Å². The molecule has 0 spiro atoms. The molecule has 0 unspecified atom stereocenters. The number of nitrogens with one attached hydrogen (secondary N) is 1. The number of aromatic nitrogens is 3. The van der Waals surface area contributed by atoms with Crippen LogP contribution >= 0.6 is 11.3 Å². The maximum absolute atomic E-state index is 13.2. The molecule has 0 bridgehead atoms. The van der Waals surface area contributed by atoms with Gasteiger partial charge in [-0.15, -0.1) is 11.3 Å². The van der Waals surface area contributed by atoms with Crippen LogP contribution in [0.25, 0.3) is 21.3 Å². The molecule has 1 aromatic carbocycles. The Labute approximate surface area is 177 Å². The Balaban J connectivity index is 1.98. The lowest BCUT2D eigenvalue weighted by Gasteiger charge is -2.16. The molecular formula is C22H20N4O3S. The van der Waals surface area contributed by atoms with E-state index < -0.39 is 11.5 Å². The first-order valence-corrected chi connectivity index (χ1v) is 10.5. The molecule has 0 aliphatic heterocycles. The lowest BCUT2D eigenvalue weighted by atomic mass is 10.1. The highest BCUT2D eigenvalue weighted by Crippen LogP contribution is 2.32. The van der Waals surface area contributed by atoms with Crippen LogP contribution in [0, 0.1) is 0 Å². The molecule has 0 saturated heterocycles. The fraction of sp³-hybridized carbons (Fsp3) is 0.182. The molecule has 7 nitrogen and oxygen atoms in total. The molecule has 0 aliphatic rings. The minimum atomic E-state index is -0.593. The van der Waals surface area contributed by atoms with Crippen LogP contribution in [0.1, 0.15) is 24.2 Å². The van der Waals surface area contributed by atoms with Crippen molar-refractivity contribution in [2.45, 2.75) is 20.4 Å². The molecule has 4 aromatic rings. The lowest BCUT2D eigenvalue weighted by Crippen LogP contribution is -2.29. The van der Waals surface area contributed by atoms with Gasteiger partial charge in [-0.2, -0.15) is 5.10 Å². The summed E-state index contributed by atoms with van der Waals surface area (Å²) < 4.78 is 6.63. The van der Waals surface area contributed by atoms with Gasteiger partial charge in [0, 0.05) is 23.5 Å².